The van der Waals surface area contributed by atoms with Crippen LogP contribution in [0, 0.1) is 5.92 Å². The zero-order valence-corrected chi connectivity index (χ0v) is 14.1. The SMILES string of the molecule is O=C(c1ccc2c(c1)OCO2)N1CCOCC(Cc2cc(=O)[nH]cn2)C1. The molecule has 0 aliphatic carbocycles. The third-order valence-corrected chi connectivity index (χ3v) is 4.48. The van der Waals surface area contributed by atoms with Gasteiger partial charge in [0.15, 0.2) is 11.5 Å². The number of aromatic nitrogens is 2. The summed E-state index contributed by atoms with van der Waals surface area (Å²) in [6.07, 6.45) is 1.97. The summed E-state index contributed by atoms with van der Waals surface area (Å²) < 4.78 is 16.3. The number of benzene rings is 1. The monoisotopic (exact) mass is 357 g/mol. The van der Waals surface area contributed by atoms with Gasteiger partial charge in [0.1, 0.15) is 0 Å². The highest BCUT2D eigenvalue weighted by Crippen LogP contribution is 2.33. The third-order valence-electron chi connectivity index (χ3n) is 4.48. The van der Waals surface area contributed by atoms with Gasteiger partial charge in [0.2, 0.25) is 6.79 Å². The lowest BCUT2D eigenvalue weighted by atomic mass is 10.0. The van der Waals surface area contributed by atoms with Gasteiger partial charge in [-0.2, -0.15) is 0 Å². The Bertz CT molecular complexity index is 866. The molecular formula is C18H19N3O5. The molecule has 136 valence electrons. The van der Waals surface area contributed by atoms with Gasteiger partial charge in [-0.1, -0.05) is 0 Å². The number of carbonyl (C=O) groups excluding carboxylic acids is 1. The smallest absolute Gasteiger partial charge is 0.254 e. The molecule has 2 aliphatic rings. The van der Waals surface area contributed by atoms with Crippen molar-refractivity contribution in [2.24, 2.45) is 5.92 Å². The molecule has 1 atom stereocenters. The summed E-state index contributed by atoms with van der Waals surface area (Å²) in [6, 6.07) is 6.69. The molecule has 1 aromatic carbocycles. The summed E-state index contributed by atoms with van der Waals surface area (Å²) in [5.41, 5.74) is 1.07. The third kappa shape index (κ3) is 3.55. The van der Waals surface area contributed by atoms with E-state index in [0.717, 1.165) is 0 Å². The molecule has 1 N–H and O–H groups in total. The molecule has 2 aliphatic heterocycles. The molecule has 8 heteroatoms. The van der Waals surface area contributed by atoms with Gasteiger partial charge in [-0.25, -0.2) is 4.98 Å². The Kier molecular flexibility index (Phi) is 4.57. The molecule has 1 fully saturated rings. The summed E-state index contributed by atoms with van der Waals surface area (Å²) >= 11 is 0. The number of nitrogens with zero attached hydrogens (tertiary/aromatic N) is 2. The predicted molar refractivity (Wildman–Crippen MR) is 91.3 cm³/mol. The van der Waals surface area contributed by atoms with Crippen LogP contribution in [0.2, 0.25) is 0 Å². The molecule has 8 nitrogen and oxygen atoms in total. The number of amides is 1. The second-order valence-electron chi connectivity index (χ2n) is 6.37. The molecule has 0 spiro atoms. The second-order valence-corrected chi connectivity index (χ2v) is 6.37. The summed E-state index contributed by atoms with van der Waals surface area (Å²) in [4.78, 5) is 32.8. The summed E-state index contributed by atoms with van der Waals surface area (Å²) in [5, 5.41) is 0. The van der Waals surface area contributed by atoms with Crippen molar-refractivity contribution in [2.75, 3.05) is 33.1 Å². The maximum Gasteiger partial charge on any atom is 0.254 e. The Hall–Kier alpha value is -2.87. The molecule has 4 rings (SSSR count). The number of H-pyrrole nitrogens is 1. The Morgan fingerprint density at radius 1 is 1.27 bits per heavy atom. The van der Waals surface area contributed by atoms with Crippen LogP contribution in [0.1, 0.15) is 16.1 Å². The molecule has 1 aromatic heterocycles. The average Bonchev–Trinajstić information content (AvgIpc) is 2.99. The highest BCUT2D eigenvalue weighted by molar-refractivity contribution is 5.95. The Morgan fingerprint density at radius 2 is 2.15 bits per heavy atom. The van der Waals surface area contributed by atoms with Gasteiger partial charge in [0.05, 0.1) is 19.5 Å². The van der Waals surface area contributed by atoms with E-state index in [1.807, 2.05) is 0 Å². The maximum absolute atomic E-state index is 12.9. The van der Waals surface area contributed by atoms with Gasteiger partial charge in [0, 0.05) is 36.3 Å². The molecule has 1 amide bonds. The van der Waals surface area contributed by atoms with Crippen LogP contribution in [0.25, 0.3) is 0 Å². The fourth-order valence-corrected chi connectivity index (χ4v) is 3.22. The number of rotatable bonds is 3. The van der Waals surface area contributed by atoms with E-state index in [4.69, 9.17) is 14.2 Å². The number of hydrogen-bond donors (Lipinski definition) is 1. The maximum atomic E-state index is 12.9. The van der Waals surface area contributed by atoms with Crippen molar-refractivity contribution < 1.29 is 19.0 Å². The van der Waals surface area contributed by atoms with Gasteiger partial charge in [-0.05, 0) is 24.6 Å². The molecule has 0 saturated carbocycles. The Labute approximate surface area is 149 Å². The fraction of sp³-hybridized carbons (Fsp3) is 0.389. The minimum atomic E-state index is -0.183. The molecule has 26 heavy (non-hydrogen) atoms. The van der Waals surface area contributed by atoms with E-state index in [1.54, 1.807) is 23.1 Å². The van der Waals surface area contributed by atoms with E-state index in [0.29, 0.717) is 55.5 Å². The van der Waals surface area contributed by atoms with E-state index < -0.39 is 0 Å². The summed E-state index contributed by atoms with van der Waals surface area (Å²) in [5.74, 6) is 1.24. The lowest BCUT2D eigenvalue weighted by molar-refractivity contribution is 0.0737. The number of hydrogen-bond acceptors (Lipinski definition) is 6. The van der Waals surface area contributed by atoms with Crippen molar-refractivity contribution in [1.82, 2.24) is 14.9 Å². The normalized spacial score (nSPS) is 19.2. The van der Waals surface area contributed by atoms with Crippen molar-refractivity contribution in [3.05, 3.63) is 52.2 Å². The molecule has 0 bridgehead atoms. The summed E-state index contributed by atoms with van der Waals surface area (Å²) in [6.45, 7) is 2.25. The van der Waals surface area contributed by atoms with Crippen molar-refractivity contribution >= 4 is 5.91 Å². The topological polar surface area (TPSA) is 93.7 Å². The largest absolute Gasteiger partial charge is 0.454 e. The highest BCUT2D eigenvalue weighted by Gasteiger charge is 2.25. The molecule has 2 aromatic rings. The quantitative estimate of drug-likeness (QED) is 0.875. The minimum Gasteiger partial charge on any atom is -0.454 e. The molecule has 0 radical (unpaired) electrons. The van der Waals surface area contributed by atoms with Crippen LogP contribution in [-0.4, -0.2) is 53.9 Å². The van der Waals surface area contributed by atoms with Crippen LogP contribution >= 0.6 is 0 Å². The van der Waals surface area contributed by atoms with Crippen molar-refractivity contribution in [3.8, 4) is 11.5 Å². The van der Waals surface area contributed by atoms with Crippen LogP contribution in [0.3, 0.4) is 0 Å². The number of fused-ring (bicyclic) bond motifs is 1. The zero-order valence-electron chi connectivity index (χ0n) is 14.1. The average molecular weight is 357 g/mol. The molecule has 1 unspecified atom stereocenters. The highest BCUT2D eigenvalue weighted by atomic mass is 16.7. The number of ether oxygens (including phenoxy) is 3. The number of nitrogens with one attached hydrogen (secondary N) is 1. The lowest BCUT2D eigenvalue weighted by Gasteiger charge is -2.23. The van der Waals surface area contributed by atoms with Gasteiger partial charge >= 0.3 is 0 Å². The first-order valence-electron chi connectivity index (χ1n) is 8.49. The van der Waals surface area contributed by atoms with Crippen LogP contribution in [0.5, 0.6) is 11.5 Å². The number of carbonyl (C=O) groups is 1. The van der Waals surface area contributed by atoms with Crippen LogP contribution in [-0.2, 0) is 11.2 Å². The molecular weight excluding hydrogens is 338 g/mol. The van der Waals surface area contributed by atoms with E-state index in [-0.39, 0.29) is 24.2 Å². The first-order chi connectivity index (χ1) is 12.7. The fourth-order valence-electron chi connectivity index (χ4n) is 3.22. The standard InChI is InChI=1S/C18H19N3O5/c22-17-7-14(19-10-20-17)5-12-8-21(3-4-24-9-12)18(23)13-1-2-15-16(6-13)26-11-25-15/h1-2,6-7,10,12H,3-5,8-9,11H2,(H,19,20,22). The summed E-state index contributed by atoms with van der Waals surface area (Å²) in [7, 11) is 0. The van der Waals surface area contributed by atoms with Crippen LogP contribution < -0.4 is 15.0 Å². The number of aromatic amines is 1. The van der Waals surface area contributed by atoms with Gasteiger partial charge in [-0.3, -0.25) is 9.59 Å². The second kappa shape index (κ2) is 7.17. The van der Waals surface area contributed by atoms with Crippen LogP contribution in [0.15, 0.2) is 35.4 Å². The predicted octanol–water partition coefficient (Wildman–Crippen LogP) is 0.830. The van der Waals surface area contributed by atoms with Gasteiger partial charge < -0.3 is 24.1 Å². The first-order valence-corrected chi connectivity index (χ1v) is 8.49. The van der Waals surface area contributed by atoms with Gasteiger partial charge in [-0.15, -0.1) is 0 Å². The van der Waals surface area contributed by atoms with Crippen molar-refractivity contribution in [1.29, 1.82) is 0 Å². The Morgan fingerprint density at radius 3 is 3.04 bits per heavy atom. The van der Waals surface area contributed by atoms with E-state index in [2.05, 4.69) is 9.97 Å². The zero-order chi connectivity index (χ0) is 17.9. The van der Waals surface area contributed by atoms with E-state index in [9.17, 15) is 9.59 Å². The molecule has 3 heterocycles. The first kappa shape index (κ1) is 16.6. The van der Waals surface area contributed by atoms with Crippen molar-refractivity contribution in [2.45, 2.75) is 6.42 Å². The lowest BCUT2D eigenvalue weighted by Crippen LogP contribution is -2.36. The Balaban J connectivity index is 1.48. The van der Waals surface area contributed by atoms with E-state index in [1.165, 1.54) is 12.4 Å². The minimum absolute atomic E-state index is 0.0716. The van der Waals surface area contributed by atoms with Crippen molar-refractivity contribution in [3.63, 3.8) is 0 Å². The van der Waals surface area contributed by atoms with E-state index >= 15 is 0 Å². The van der Waals surface area contributed by atoms with Gasteiger partial charge in [0.25, 0.3) is 11.5 Å². The van der Waals surface area contributed by atoms with Crippen LogP contribution in [0.4, 0.5) is 0 Å². The molecule has 1 saturated heterocycles.